The predicted octanol–water partition coefficient (Wildman–Crippen LogP) is 3.36. The number of rotatable bonds is 5. The number of aliphatic hydroxyl groups is 1. The van der Waals surface area contributed by atoms with Gasteiger partial charge in [0, 0.05) is 27.6 Å². The van der Waals surface area contributed by atoms with Crippen LogP contribution in [0.1, 0.15) is 19.4 Å². The highest BCUT2D eigenvalue weighted by atomic mass is 79.9. The van der Waals surface area contributed by atoms with Crippen molar-refractivity contribution in [1.29, 1.82) is 0 Å². The number of aliphatic hydroxyl groups excluding tert-OH is 1. The van der Waals surface area contributed by atoms with E-state index in [0.29, 0.717) is 5.75 Å². The summed E-state index contributed by atoms with van der Waals surface area (Å²) in [5, 5.41) is 20.1. The molecule has 0 spiro atoms. The maximum atomic E-state index is 10.6. The molecule has 0 amide bonds. The lowest BCUT2D eigenvalue weighted by Crippen LogP contribution is -2.15. The van der Waals surface area contributed by atoms with Gasteiger partial charge in [-0.2, -0.15) is 11.8 Å². The Morgan fingerprint density at radius 1 is 1.53 bits per heavy atom. The first-order chi connectivity index (χ1) is 7.91. The molecule has 0 heterocycles. The summed E-state index contributed by atoms with van der Waals surface area (Å²) in [6.45, 7) is 3.71. The second-order valence-corrected chi connectivity index (χ2v) is 6.01. The largest absolute Gasteiger partial charge is 0.392 e. The first kappa shape index (κ1) is 14.5. The average Bonchev–Trinajstić information content (AvgIpc) is 2.26. The minimum atomic E-state index is -0.417. The maximum Gasteiger partial charge on any atom is 0.270 e. The Labute approximate surface area is 113 Å². The predicted molar refractivity (Wildman–Crippen MR) is 73.2 cm³/mol. The summed E-state index contributed by atoms with van der Waals surface area (Å²) in [5.41, 5.74) is 1.07. The van der Waals surface area contributed by atoms with Crippen LogP contribution in [0.15, 0.2) is 22.7 Å². The second kappa shape index (κ2) is 6.37. The molecule has 94 valence electrons. The van der Waals surface area contributed by atoms with E-state index in [1.54, 1.807) is 24.8 Å². The molecule has 0 saturated carbocycles. The van der Waals surface area contributed by atoms with E-state index in [4.69, 9.17) is 0 Å². The van der Waals surface area contributed by atoms with Crippen molar-refractivity contribution in [3.8, 4) is 0 Å². The Bertz CT molecular complexity index is 412. The SMILES string of the molecule is CC(O)C(C)SCc1ccc([N+](=O)[O-])cc1Br. The summed E-state index contributed by atoms with van der Waals surface area (Å²) in [4.78, 5) is 10.1. The van der Waals surface area contributed by atoms with Gasteiger partial charge in [0.1, 0.15) is 0 Å². The number of nitro benzene ring substituents is 1. The molecule has 0 fully saturated rings. The topological polar surface area (TPSA) is 63.4 Å². The van der Waals surface area contributed by atoms with Gasteiger partial charge in [-0.25, -0.2) is 0 Å². The van der Waals surface area contributed by atoms with Crippen molar-refractivity contribution in [3.05, 3.63) is 38.3 Å². The molecular weight excluding hydrogens is 306 g/mol. The van der Waals surface area contributed by atoms with Gasteiger partial charge < -0.3 is 5.11 Å². The van der Waals surface area contributed by atoms with E-state index >= 15 is 0 Å². The van der Waals surface area contributed by atoms with Crippen LogP contribution in [0, 0.1) is 10.1 Å². The third-order valence-electron chi connectivity index (χ3n) is 2.43. The van der Waals surface area contributed by atoms with Crippen molar-refractivity contribution < 1.29 is 10.0 Å². The smallest absolute Gasteiger partial charge is 0.270 e. The van der Waals surface area contributed by atoms with E-state index in [1.807, 2.05) is 6.92 Å². The Balaban J connectivity index is 2.70. The van der Waals surface area contributed by atoms with Gasteiger partial charge in [0.25, 0.3) is 5.69 Å². The zero-order valence-corrected chi connectivity index (χ0v) is 12.0. The van der Waals surface area contributed by atoms with Gasteiger partial charge in [-0.1, -0.05) is 28.9 Å². The lowest BCUT2D eigenvalue weighted by molar-refractivity contribution is -0.384. The van der Waals surface area contributed by atoms with E-state index in [9.17, 15) is 15.2 Å². The Morgan fingerprint density at radius 3 is 2.65 bits per heavy atom. The quantitative estimate of drug-likeness (QED) is 0.667. The van der Waals surface area contributed by atoms with Crippen LogP contribution in [0.3, 0.4) is 0 Å². The minimum absolute atomic E-state index is 0.0780. The molecule has 1 aromatic carbocycles. The van der Waals surface area contributed by atoms with E-state index in [1.165, 1.54) is 12.1 Å². The van der Waals surface area contributed by atoms with Crippen molar-refractivity contribution >= 4 is 33.4 Å². The third kappa shape index (κ3) is 4.29. The highest BCUT2D eigenvalue weighted by molar-refractivity contribution is 9.10. The van der Waals surface area contributed by atoms with Crippen LogP contribution in [0.2, 0.25) is 0 Å². The number of benzene rings is 1. The molecule has 2 atom stereocenters. The molecule has 1 N–H and O–H groups in total. The van der Waals surface area contributed by atoms with Crippen LogP contribution in [0.25, 0.3) is 0 Å². The molecule has 0 aliphatic carbocycles. The van der Waals surface area contributed by atoms with Crippen LogP contribution in [-0.4, -0.2) is 21.4 Å². The molecule has 0 bridgehead atoms. The molecule has 2 unspecified atom stereocenters. The molecule has 1 aromatic rings. The maximum absolute atomic E-state index is 10.6. The van der Waals surface area contributed by atoms with Crippen molar-refractivity contribution in [2.45, 2.75) is 31.0 Å². The standard InChI is InChI=1S/C11H14BrNO3S/c1-7(14)8(2)17-6-9-3-4-10(13(15)16)5-11(9)12/h3-5,7-8,14H,6H2,1-2H3. The summed E-state index contributed by atoms with van der Waals surface area (Å²) in [6, 6.07) is 4.74. The Kier molecular flexibility index (Phi) is 5.42. The summed E-state index contributed by atoms with van der Waals surface area (Å²) in [7, 11) is 0. The normalized spacial score (nSPS) is 14.4. The fraction of sp³-hybridized carbons (Fsp3) is 0.455. The summed E-state index contributed by atoms with van der Waals surface area (Å²) in [5.74, 6) is 0.713. The molecule has 0 radical (unpaired) electrons. The van der Waals surface area contributed by atoms with Crippen LogP contribution < -0.4 is 0 Å². The van der Waals surface area contributed by atoms with E-state index in [2.05, 4.69) is 15.9 Å². The van der Waals surface area contributed by atoms with Gasteiger partial charge >= 0.3 is 0 Å². The minimum Gasteiger partial charge on any atom is -0.392 e. The number of non-ortho nitro benzene ring substituents is 1. The summed E-state index contributed by atoms with van der Waals surface area (Å²) in [6.07, 6.45) is -0.364. The molecule has 6 heteroatoms. The first-order valence-corrected chi connectivity index (χ1v) is 6.98. The average molecular weight is 320 g/mol. The molecule has 0 saturated heterocycles. The van der Waals surface area contributed by atoms with Crippen LogP contribution in [0.5, 0.6) is 0 Å². The van der Waals surface area contributed by atoms with E-state index in [-0.39, 0.29) is 17.0 Å². The van der Waals surface area contributed by atoms with Gasteiger partial charge in [-0.05, 0) is 12.5 Å². The number of thioether (sulfide) groups is 1. The van der Waals surface area contributed by atoms with Crippen LogP contribution in [0.4, 0.5) is 5.69 Å². The lowest BCUT2D eigenvalue weighted by atomic mass is 10.2. The van der Waals surface area contributed by atoms with E-state index in [0.717, 1.165) is 10.0 Å². The summed E-state index contributed by atoms with van der Waals surface area (Å²) >= 11 is 4.94. The van der Waals surface area contributed by atoms with Crippen molar-refractivity contribution in [2.75, 3.05) is 0 Å². The third-order valence-corrected chi connectivity index (χ3v) is 4.56. The number of nitro groups is 1. The first-order valence-electron chi connectivity index (χ1n) is 5.14. The number of nitrogens with zero attached hydrogens (tertiary/aromatic N) is 1. The fourth-order valence-corrected chi connectivity index (χ4v) is 2.79. The van der Waals surface area contributed by atoms with Crippen LogP contribution in [-0.2, 0) is 5.75 Å². The van der Waals surface area contributed by atoms with E-state index < -0.39 is 4.92 Å². The zero-order chi connectivity index (χ0) is 13.0. The highest BCUT2D eigenvalue weighted by Gasteiger charge is 2.12. The Morgan fingerprint density at radius 2 is 2.18 bits per heavy atom. The van der Waals surface area contributed by atoms with Crippen LogP contribution >= 0.6 is 27.7 Å². The second-order valence-electron chi connectivity index (χ2n) is 3.79. The number of halogens is 1. The van der Waals surface area contributed by atoms with Crippen molar-refractivity contribution in [1.82, 2.24) is 0 Å². The number of hydrogen-bond donors (Lipinski definition) is 1. The molecule has 0 aromatic heterocycles. The molecule has 4 nitrogen and oxygen atoms in total. The van der Waals surface area contributed by atoms with Gasteiger partial charge in [-0.3, -0.25) is 10.1 Å². The fourth-order valence-electron chi connectivity index (χ4n) is 1.13. The molecular formula is C11H14BrNO3S. The van der Waals surface area contributed by atoms with Gasteiger partial charge in [0.2, 0.25) is 0 Å². The zero-order valence-electron chi connectivity index (χ0n) is 9.59. The monoisotopic (exact) mass is 319 g/mol. The highest BCUT2D eigenvalue weighted by Crippen LogP contribution is 2.28. The van der Waals surface area contributed by atoms with Crippen molar-refractivity contribution in [2.24, 2.45) is 0 Å². The van der Waals surface area contributed by atoms with Gasteiger partial charge in [0.15, 0.2) is 0 Å². The molecule has 0 aliphatic rings. The Hall–Kier alpha value is -0.590. The molecule has 1 rings (SSSR count). The van der Waals surface area contributed by atoms with Gasteiger partial charge in [-0.15, -0.1) is 0 Å². The molecule has 0 aliphatic heterocycles. The van der Waals surface area contributed by atoms with Crippen molar-refractivity contribution in [3.63, 3.8) is 0 Å². The summed E-state index contributed by atoms with van der Waals surface area (Å²) < 4.78 is 0.733. The molecule has 17 heavy (non-hydrogen) atoms. The van der Waals surface area contributed by atoms with Gasteiger partial charge in [0.05, 0.1) is 11.0 Å². The number of hydrogen-bond acceptors (Lipinski definition) is 4. The lowest BCUT2D eigenvalue weighted by Gasteiger charge is -2.14.